The van der Waals surface area contributed by atoms with Crippen LogP contribution >= 0.6 is 0 Å². The van der Waals surface area contributed by atoms with Gasteiger partial charge in [-0.25, -0.2) is 0 Å². The molecule has 1 aromatic rings. The Bertz CT molecular complexity index is 611. The third-order valence-corrected chi connectivity index (χ3v) is 5.75. The van der Waals surface area contributed by atoms with Crippen LogP contribution in [-0.4, -0.2) is 37.0 Å². The third kappa shape index (κ3) is 2.44. The van der Waals surface area contributed by atoms with E-state index in [9.17, 15) is 4.79 Å². The van der Waals surface area contributed by atoms with Crippen LogP contribution in [-0.2, 0) is 14.2 Å². The second-order valence-corrected chi connectivity index (χ2v) is 7.63. The quantitative estimate of drug-likeness (QED) is 0.800. The van der Waals surface area contributed by atoms with Crippen molar-refractivity contribution in [3.8, 4) is 0 Å². The summed E-state index contributed by atoms with van der Waals surface area (Å²) in [6.45, 7) is 3.91. The molecule has 1 aromatic carbocycles. The van der Waals surface area contributed by atoms with Crippen molar-refractivity contribution in [1.82, 2.24) is 0 Å². The van der Waals surface area contributed by atoms with E-state index < -0.39 is 5.79 Å². The molecule has 4 nitrogen and oxygen atoms in total. The molecule has 1 spiro atoms. The first kappa shape index (κ1) is 15.3. The Labute approximate surface area is 137 Å². The summed E-state index contributed by atoms with van der Waals surface area (Å²) in [7, 11) is 1.74. The van der Waals surface area contributed by atoms with Gasteiger partial charge >= 0.3 is 0 Å². The molecule has 23 heavy (non-hydrogen) atoms. The molecule has 1 heterocycles. The summed E-state index contributed by atoms with van der Waals surface area (Å²) < 4.78 is 17.9. The number of rotatable bonds is 4. The predicted octanol–water partition coefficient (Wildman–Crippen LogP) is 3.20. The molecule has 0 N–H and O–H groups in total. The van der Waals surface area contributed by atoms with Crippen LogP contribution in [0, 0.1) is 11.3 Å². The largest absolute Gasteiger partial charge is 0.379 e. The summed E-state index contributed by atoms with van der Waals surface area (Å²) in [4.78, 5) is 12.5. The van der Waals surface area contributed by atoms with Gasteiger partial charge in [-0.1, -0.05) is 30.3 Å². The van der Waals surface area contributed by atoms with E-state index in [2.05, 4.69) is 0 Å². The minimum atomic E-state index is -0.559. The fourth-order valence-electron chi connectivity index (χ4n) is 4.57. The van der Waals surface area contributed by atoms with Gasteiger partial charge in [0.2, 0.25) is 0 Å². The maximum atomic E-state index is 12.5. The molecule has 124 valence electrons. The first-order valence-electron chi connectivity index (χ1n) is 8.42. The van der Waals surface area contributed by atoms with E-state index in [0.29, 0.717) is 12.3 Å². The Balaban J connectivity index is 1.49. The number of Topliss-reactive ketones (excluding diaryl/α,β-unsaturated/α-hetero) is 1. The van der Waals surface area contributed by atoms with Crippen LogP contribution in [0.1, 0.15) is 43.5 Å². The molecule has 3 aliphatic rings. The lowest BCUT2D eigenvalue weighted by Crippen LogP contribution is -2.30. The molecule has 2 unspecified atom stereocenters. The molecule has 0 radical (unpaired) electrons. The third-order valence-electron chi connectivity index (χ3n) is 5.75. The fraction of sp³-hybridized carbons (Fsp3) is 0.632. The first-order chi connectivity index (χ1) is 11.0. The Hall–Kier alpha value is -1.23. The van der Waals surface area contributed by atoms with E-state index in [1.165, 1.54) is 0 Å². The van der Waals surface area contributed by atoms with Crippen molar-refractivity contribution in [2.24, 2.45) is 11.3 Å². The molecular weight excluding hydrogens is 292 g/mol. The Morgan fingerprint density at radius 2 is 1.96 bits per heavy atom. The normalized spacial score (nSPS) is 40.3. The minimum absolute atomic E-state index is 0.00757. The summed E-state index contributed by atoms with van der Waals surface area (Å²) >= 11 is 0. The second-order valence-electron chi connectivity index (χ2n) is 7.63. The molecule has 0 amide bonds. The maximum Gasteiger partial charge on any atom is 0.163 e. The second kappa shape index (κ2) is 5.13. The molecule has 4 heteroatoms. The van der Waals surface area contributed by atoms with Crippen LogP contribution in [0.3, 0.4) is 0 Å². The van der Waals surface area contributed by atoms with E-state index in [1.54, 1.807) is 7.11 Å². The maximum absolute atomic E-state index is 12.5. The van der Waals surface area contributed by atoms with Gasteiger partial charge in [0, 0.05) is 24.5 Å². The SMILES string of the molecule is CO[C@@H]1C[C@@]2(C[C@@H]2CC(=O)c2ccccc2)C2OC(C)(C)OC21. The smallest absolute Gasteiger partial charge is 0.163 e. The van der Waals surface area contributed by atoms with E-state index in [4.69, 9.17) is 14.2 Å². The van der Waals surface area contributed by atoms with Crippen molar-refractivity contribution in [2.45, 2.75) is 57.2 Å². The van der Waals surface area contributed by atoms with Gasteiger partial charge in [0.1, 0.15) is 6.10 Å². The molecule has 3 fully saturated rings. The minimum Gasteiger partial charge on any atom is -0.379 e. The first-order valence-corrected chi connectivity index (χ1v) is 8.42. The number of ketones is 1. The Kier molecular flexibility index (Phi) is 3.42. The summed E-state index contributed by atoms with van der Waals surface area (Å²) in [5.41, 5.74) is 0.861. The summed E-state index contributed by atoms with van der Waals surface area (Å²) in [5, 5.41) is 0. The summed E-state index contributed by atoms with van der Waals surface area (Å²) in [6.07, 6.45) is 2.67. The number of methoxy groups -OCH3 is 1. The van der Waals surface area contributed by atoms with Crippen LogP contribution < -0.4 is 0 Å². The lowest BCUT2D eigenvalue weighted by molar-refractivity contribution is -0.171. The van der Waals surface area contributed by atoms with Crippen molar-refractivity contribution >= 4 is 5.78 Å². The van der Waals surface area contributed by atoms with E-state index in [1.807, 2.05) is 44.2 Å². The lowest BCUT2D eigenvalue weighted by Gasteiger charge is -2.23. The van der Waals surface area contributed by atoms with Crippen molar-refractivity contribution in [3.05, 3.63) is 35.9 Å². The molecule has 5 atom stereocenters. The highest BCUT2D eigenvalue weighted by molar-refractivity contribution is 5.96. The van der Waals surface area contributed by atoms with Crippen molar-refractivity contribution in [2.75, 3.05) is 7.11 Å². The average molecular weight is 316 g/mol. The number of fused-ring (bicyclic) bond motifs is 2. The fourth-order valence-corrected chi connectivity index (χ4v) is 4.57. The zero-order valence-electron chi connectivity index (χ0n) is 14.0. The Morgan fingerprint density at radius 3 is 2.65 bits per heavy atom. The monoisotopic (exact) mass is 316 g/mol. The molecule has 1 aliphatic heterocycles. The van der Waals surface area contributed by atoms with Crippen LogP contribution in [0.2, 0.25) is 0 Å². The molecule has 1 saturated heterocycles. The highest BCUT2D eigenvalue weighted by Gasteiger charge is 2.71. The van der Waals surface area contributed by atoms with Crippen LogP contribution in [0.5, 0.6) is 0 Å². The van der Waals surface area contributed by atoms with E-state index >= 15 is 0 Å². The topological polar surface area (TPSA) is 44.8 Å². The molecule has 4 rings (SSSR count). The van der Waals surface area contributed by atoms with Crippen LogP contribution in [0.15, 0.2) is 30.3 Å². The van der Waals surface area contributed by atoms with E-state index in [0.717, 1.165) is 18.4 Å². The van der Waals surface area contributed by atoms with Crippen molar-refractivity contribution in [1.29, 1.82) is 0 Å². The molecule has 2 aliphatic carbocycles. The Morgan fingerprint density at radius 1 is 1.22 bits per heavy atom. The van der Waals surface area contributed by atoms with Crippen LogP contribution in [0.25, 0.3) is 0 Å². The number of benzene rings is 1. The molecule has 0 aromatic heterocycles. The van der Waals surface area contributed by atoms with E-state index in [-0.39, 0.29) is 29.5 Å². The number of hydrogen-bond donors (Lipinski definition) is 0. The van der Waals surface area contributed by atoms with Gasteiger partial charge in [-0.3, -0.25) is 4.79 Å². The van der Waals surface area contributed by atoms with Gasteiger partial charge in [0.25, 0.3) is 0 Å². The molecule has 2 saturated carbocycles. The lowest BCUT2D eigenvalue weighted by atomic mass is 9.95. The zero-order chi connectivity index (χ0) is 16.2. The van der Waals surface area contributed by atoms with Crippen molar-refractivity contribution < 1.29 is 19.0 Å². The molecular formula is C19H24O4. The number of carbonyl (C=O) groups is 1. The molecule has 0 bridgehead atoms. The van der Waals surface area contributed by atoms with Gasteiger partial charge in [-0.2, -0.15) is 0 Å². The van der Waals surface area contributed by atoms with Gasteiger partial charge in [-0.05, 0) is 32.6 Å². The van der Waals surface area contributed by atoms with Crippen molar-refractivity contribution in [3.63, 3.8) is 0 Å². The number of ether oxygens (including phenoxy) is 3. The number of carbonyl (C=O) groups excluding carboxylic acids is 1. The van der Waals surface area contributed by atoms with Gasteiger partial charge < -0.3 is 14.2 Å². The standard InChI is InChI=1S/C19H24O4/c1-18(2)22-16-15(21-3)11-19(17(16)23-18)10-13(19)9-14(20)12-7-5-4-6-8-12/h4-8,13,15-17H,9-11H2,1-3H3/t13-,15+,16?,17?,19+/m0/s1. The average Bonchev–Trinajstić information content (AvgIpc) is 3.00. The van der Waals surface area contributed by atoms with Gasteiger partial charge in [0.15, 0.2) is 11.6 Å². The van der Waals surface area contributed by atoms with Gasteiger partial charge in [0.05, 0.1) is 12.2 Å². The number of hydrogen-bond acceptors (Lipinski definition) is 4. The summed E-state index contributed by atoms with van der Waals surface area (Å²) in [6, 6.07) is 9.56. The van der Waals surface area contributed by atoms with Crippen LogP contribution in [0.4, 0.5) is 0 Å². The highest BCUT2D eigenvalue weighted by atomic mass is 16.8. The summed E-state index contributed by atoms with van der Waals surface area (Å²) in [5.74, 6) is 0.0410. The van der Waals surface area contributed by atoms with Gasteiger partial charge in [-0.15, -0.1) is 0 Å². The predicted molar refractivity (Wildman–Crippen MR) is 85.2 cm³/mol. The zero-order valence-corrected chi connectivity index (χ0v) is 14.0. The highest BCUT2D eigenvalue weighted by Crippen LogP contribution is 2.68.